The summed E-state index contributed by atoms with van der Waals surface area (Å²) in [7, 11) is 0. The van der Waals surface area contributed by atoms with Crippen molar-refractivity contribution in [1.29, 1.82) is 0 Å². The predicted molar refractivity (Wildman–Crippen MR) is 97.0 cm³/mol. The van der Waals surface area contributed by atoms with Gasteiger partial charge in [0.1, 0.15) is 0 Å². The molecule has 27 heavy (non-hydrogen) atoms. The van der Waals surface area contributed by atoms with Crippen LogP contribution in [-0.4, -0.2) is 38.4 Å². The van der Waals surface area contributed by atoms with Crippen molar-refractivity contribution in [2.45, 2.75) is 52.0 Å². The molecule has 8 nitrogen and oxygen atoms in total. The lowest BCUT2D eigenvalue weighted by molar-refractivity contribution is -0.605. The number of aromatic nitrogens is 4. The van der Waals surface area contributed by atoms with E-state index in [1.165, 1.54) is 18.6 Å². The third-order valence-electron chi connectivity index (χ3n) is 5.62. The van der Waals surface area contributed by atoms with E-state index in [9.17, 15) is 15.1 Å². The normalized spacial score (nSPS) is 21.5. The number of nitrogens with one attached hydrogen (secondary N) is 1. The SMILES string of the molecule is CC(C)(C)C(CO)NC(=O)Cc1nn(-c2c[n+]([O-])ccn2)c2c1CC1CC21. The molecule has 1 fully saturated rings. The average molecular weight is 371 g/mol. The van der Waals surface area contributed by atoms with Gasteiger partial charge in [-0.3, -0.25) is 4.79 Å². The number of amides is 1. The minimum Gasteiger partial charge on any atom is -0.619 e. The first-order valence-electron chi connectivity index (χ1n) is 9.34. The number of aliphatic hydroxyl groups excluding tert-OH is 1. The lowest BCUT2D eigenvalue weighted by Gasteiger charge is -2.29. The zero-order valence-corrected chi connectivity index (χ0v) is 15.8. The Balaban J connectivity index is 1.60. The van der Waals surface area contributed by atoms with Crippen LogP contribution in [-0.2, 0) is 17.6 Å². The molecule has 2 aromatic heterocycles. The highest BCUT2D eigenvalue weighted by Crippen LogP contribution is 2.57. The summed E-state index contributed by atoms with van der Waals surface area (Å²) in [4.78, 5) is 16.9. The van der Waals surface area contributed by atoms with Crippen LogP contribution in [0, 0.1) is 16.5 Å². The number of hydrogen-bond donors (Lipinski definition) is 2. The van der Waals surface area contributed by atoms with Gasteiger partial charge < -0.3 is 15.6 Å². The molecule has 0 aliphatic heterocycles. The lowest BCUT2D eigenvalue weighted by Crippen LogP contribution is -2.46. The van der Waals surface area contributed by atoms with E-state index in [4.69, 9.17) is 0 Å². The number of carbonyl (C=O) groups is 1. The van der Waals surface area contributed by atoms with Crippen LogP contribution < -0.4 is 10.0 Å². The van der Waals surface area contributed by atoms with E-state index in [0.717, 1.165) is 29.8 Å². The molecule has 0 radical (unpaired) electrons. The number of fused-ring (bicyclic) bond motifs is 3. The Morgan fingerprint density at radius 1 is 1.52 bits per heavy atom. The molecule has 8 heteroatoms. The summed E-state index contributed by atoms with van der Waals surface area (Å²) in [5, 5.41) is 28.8. The Labute approximate surface area is 157 Å². The van der Waals surface area contributed by atoms with Crippen molar-refractivity contribution >= 4 is 5.91 Å². The number of hydrogen-bond acceptors (Lipinski definition) is 5. The molecule has 2 aromatic rings. The summed E-state index contributed by atoms with van der Waals surface area (Å²) in [6.07, 6.45) is 6.40. The van der Waals surface area contributed by atoms with Gasteiger partial charge in [-0.1, -0.05) is 20.8 Å². The summed E-state index contributed by atoms with van der Waals surface area (Å²) in [5.41, 5.74) is 2.72. The molecule has 1 amide bonds. The Hall–Kier alpha value is -2.48. The molecule has 2 heterocycles. The van der Waals surface area contributed by atoms with Gasteiger partial charge in [-0.15, -0.1) is 0 Å². The fourth-order valence-corrected chi connectivity index (χ4v) is 3.91. The Bertz CT molecular complexity index is 886. The van der Waals surface area contributed by atoms with Crippen molar-refractivity contribution in [3.8, 4) is 5.82 Å². The lowest BCUT2D eigenvalue weighted by atomic mass is 9.87. The van der Waals surface area contributed by atoms with E-state index in [2.05, 4.69) is 15.4 Å². The van der Waals surface area contributed by atoms with Crippen molar-refractivity contribution < 1.29 is 14.6 Å². The van der Waals surface area contributed by atoms with Gasteiger partial charge in [0.2, 0.25) is 17.9 Å². The van der Waals surface area contributed by atoms with Crippen LogP contribution in [0.25, 0.3) is 5.82 Å². The van der Waals surface area contributed by atoms with Crippen LogP contribution >= 0.6 is 0 Å². The Morgan fingerprint density at radius 2 is 2.30 bits per heavy atom. The molecule has 144 valence electrons. The van der Waals surface area contributed by atoms with Crippen molar-refractivity contribution in [2.24, 2.45) is 11.3 Å². The summed E-state index contributed by atoms with van der Waals surface area (Å²) in [6, 6.07) is -0.316. The highest BCUT2D eigenvalue weighted by atomic mass is 16.5. The minimum atomic E-state index is -0.316. The predicted octanol–water partition coefficient (Wildman–Crippen LogP) is 0.626. The van der Waals surface area contributed by atoms with Crippen LogP contribution in [0.15, 0.2) is 18.6 Å². The molecule has 2 aliphatic rings. The fraction of sp³-hybridized carbons (Fsp3) is 0.579. The van der Waals surface area contributed by atoms with Gasteiger partial charge in [-0.05, 0) is 29.7 Å². The molecule has 1 saturated carbocycles. The van der Waals surface area contributed by atoms with Crippen molar-refractivity contribution in [2.75, 3.05) is 6.61 Å². The smallest absolute Gasteiger partial charge is 0.226 e. The average Bonchev–Trinajstić information content (AvgIpc) is 3.12. The van der Waals surface area contributed by atoms with Crippen LogP contribution in [0.2, 0.25) is 0 Å². The number of rotatable bonds is 5. The van der Waals surface area contributed by atoms with Gasteiger partial charge in [0.05, 0.1) is 36.7 Å². The topological polar surface area (TPSA) is 107 Å². The highest BCUT2D eigenvalue weighted by Gasteiger charge is 2.49. The van der Waals surface area contributed by atoms with E-state index >= 15 is 0 Å². The van der Waals surface area contributed by atoms with Gasteiger partial charge in [-0.2, -0.15) is 9.83 Å². The second kappa shape index (κ2) is 6.30. The first-order valence-corrected chi connectivity index (χ1v) is 9.34. The van der Waals surface area contributed by atoms with Gasteiger partial charge in [0.15, 0.2) is 6.20 Å². The van der Waals surface area contributed by atoms with E-state index in [1.807, 2.05) is 20.8 Å². The maximum Gasteiger partial charge on any atom is 0.226 e. The minimum absolute atomic E-state index is 0.108. The van der Waals surface area contributed by atoms with E-state index in [1.54, 1.807) is 4.68 Å². The largest absolute Gasteiger partial charge is 0.619 e. The molecular weight excluding hydrogens is 346 g/mol. The highest BCUT2D eigenvalue weighted by molar-refractivity contribution is 5.79. The van der Waals surface area contributed by atoms with Crippen molar-refractivity contribution in [3.63, 3.8) is 0 Å². The van der Waals surface area contributed by atoms with Crippen molar-refractivity contribution in [3.05, 3.63) is 40.7 Å². The van der Waals surface area contributed by atoms with E-state index in [-0.39, 0.29) is 30.4 Å². The van der Waals surface area contributed by atoms with Gasteiger partial charge >= 0.3 is 0 Å². The molecule has 2 aliphatic carbocycles. The molecule has 2 N–H and O–H groups in total. The number of carbonyl (C=O) groups excluding carboxylic acids is 1. The van der Waals surface area contributed by atoms with Gasteiger partial charge in [0, 0.05) is 5.92 Å². The molecule has 0 saturated heterocycles. The summed E-state index contributed by atoms with van der Waals surface area (Å²) < 4.78 is 2.44. The molecule has 3 atom stereocenters. The summed E-state index contributed by atoms with van der Waals surface area (Å²) in [5.74, 6) is 1.39. The Morgan fingerprint density at radius 3 is 2.96 bits per heavy atom. The zero-order chi connectivity index (χ0) is 19.3. The molecule has 0 aromatic carbocycles. The molecular formula is C19H25N5O3. The number of nitrogens with zero attached hydrogens (tertiary/aromatic N) is 4. The molecule has 0 spiro atoms. The van der Waals surface area contributed by atoms with Crippen LogP contribution in [0.4, 0.5) is 0 Å². The Kier molecular flexibility index (Phi) is 4.18. The van der Waals surface area contributed by atoms with E-state index < -0.39 is 0 Å². The second-order valence-electron chi connectivity index (χ2n) is 8.65. The van der Waals surface area contributed by atoms with Gasteiger partial charge in [-0.25, -0.2) is 9.67 Å². The van der Waals surface area contributed by atoms with Gasteiger partial charge in [0.25, 0.3) is 0 Å². The first kappa shape index (κ1) is 17.9. The third kappa shape index (κ3) is 3.29. The first-order chi connectivity index (χ1) is 12.8. The van der Waals surface area contributed by atoms with Crippen molar-refractivity contribution in [1.82, 2.24) is 20.1 Å². The molecule has 3 unspecified atom stereocenters. The molecule has 4 rings (SSSR count). The van der Waals surface area contributed by atoms with E-state index in [0.29, 0.717) is 22.4 Å². The zero-order valence-electron chi connectivity index (χ0n) is 15.8. The summed E-state index contributed by atoms with van der Waals surface area (Å²) in [6.45, 7) is 5.83. The quantitative estimate of drug-likeness (QED) is 0.592. The molecule has 0 bridgehead atoms. The standard InChI is InChI=1S/C19H25N5O3/c1-19(2,3)15(10-25)21-17(26)8-14-13-7-11-6-12(11)18(13)24(22-14)16-9-23(27)5-4-20-16/h4-5,9,11-12,15,25H,6-8,10H2,1-3H3,(H,21,26). The summed E-state index contributed by atoms with van der Waals surface area (Å²) >= 11 is 0. The maximum atomic E-state index is 12.6. The van der Waals surface area contributed by atoms with Crippen LogP contribution in [0.3, 0.4) is 0 Å². The number of aliphatic hydroxyl groups is 1. The van der Waals surface area contributed by atoms with Crippen LogP contribution in [0.1, 0.15) is 50.1 Å². The monoisotopic (exact) mass is 371 g/mol. The fourth-order valence-electron chi connectivity index (χ4n) is 3.91. The third-order valence-corrected chi connectivity index (χ3v) is 5.62. The second-order valence-corrected chi connectivity index (χ2v) is 8.65. The maximum absolute atomic E-state index is 12.6. The van der Waals surface area contributed by atoms with Crippen LogP contribution in [0.5, 0.6) is 0 Å².